The Labute approximate surface area is 126 Å². The molecular weight excluding hydrogens is 340 g/mol. The van der Waals surface area contributed by atoms with Crippen molar-refractivity contribution < 1.29 is 9.21 Å². The van der Waals surface area contributed by atoms with E-state index in [0.29, 0.717) is 9.48 Å². The van der Waals surface area contributed by atoms with Crippen molar-refractivity contribution in [1.82, 2.24) is 4.98 Å². The van der Waals surface area contributed by atoms with Crippen molar-refractivity contribution in [3.05, 3.63) is 51.8 Å². The van der Waals surface area contributed by atoms with E-state index >= 15 is 0 Å². The number of nitrogens with zero attached hydrogens (tertiary/aromatic N) is 2. The van der Waals surface area contributed by atoms with E-state index < -0.39 is 5.92 Å². The van der Waals surface area contributed by atoms with Crippen LogP contribution in [-0.4, -0.2) is 10.8 Å². The van der Waals surface area contributed by atoms with Crippen molar-refractivity contribution in [3.63, 3.8) is 0 Å². The van der Waals surface area contributed by atoms with E-state index in [4.69, 9.17) is 4.42 Å². The summed E-state index contributed by atoms with van der Waals surface area (Å²) in [5.41, 5.74) is 0.791. The average Bonchev–Trinajstić information content (AvgIpc) is 3.05. The Kier molecular flexibility index (Phi) is 3.38. The fourth-order valence-corrected chi connectivity index (χ4v) is 3.25. The molecule has 20 heavy (non-hydrogen) atoms. The van der Waals surface area contributed by atoms with Gasteiger partial charge in [-0.15, -0.1) is 11.3 Å². The van der Waals surface area contributed by atoms with Crippen molar-refractivity contribution in [2.45, 2.75) is 5.92 Å². The smallest absolute Gasteiger partial charge is 0.223 e. The van der Waals surface area contributed by atoms with Crippen LogP contribution >= 0.6 is 27.3 Å². The standard InChI is InChI=1S/C14H7BrN2O2S/c15-9-5-6-19-13(9)12(18)8(7-16)14-17-10-3-1-2-4-11(10)20-14/h1-6,8H. The van der Waals surface area contributed by atoms with Crippen molar-refractivity contribution in [3.8, 4) is 6.07 Å². The minimum atomic E-state index is -0.949. The Bertz CT molecular complexity index is 798. The molecule has 0 saturated heterocycles. The summed E-state index contributed by atoms with van der Waals surface area (Å²) >= 11 is 4.58. The van der Waals surface area contributed by atoms with Crippen LogP contribution < -0.4 is 0 Å². The lowest BCUT2D eigenvalue weighted by Gasteiger charge is -2.02. The third-order valence-electron chi connectivity index (χ3n) is 2.79. The third kappa shape index (κ3) is 2.15. The number of Topliss-reactive ketones (excluding diaryl/α,β-unsaturated/α-hetero) is 1. The molecule has 1 atom stereocenters. The number of halogens is 1. The van der Waals surface area contributed by atoms with Gasteiger partial charge in [0.2, 0.25) is 5.78 Å². The minimum Gasteiger partial charge on any atom is -0.460 e. The van der Waals surface area contributed by atoms with Gasteiger partial charge in [-0.25, -0.2) is 4.98 Å². The number of hydrogen-bond donors (Lipinski definition) is 0. The Hall–Kier alpha value is -1.97. The van der Waals surface area contributed by atoms with Gasteiger partial charge in [0.1, 0.15) is 5.01 Å². The molecule has 4 nitrogen and oxygen atoms in total. The first-order valence-corrected chi connectivity index (χ1v) is 7.34. The van der Waals surface area contributed by atoms with Gasteiger partial charge in [0, 0.05) is 0 Å². The molecule has 0 aliphatic carbocycles. The lowest BCUT2D eigenvalue weighted by molar-refractivity contribution is 0.0951. The molecule has 1 aromatic carbocycles. The molecule has 0 saturated carbocycles. The topological polar surface area (TPSA) is 66.9 Å². The Balaban J connectivity index is 2.04. The van der Waals surface area contributed by atoms with E-state index in [2.05, 4.69) is 20.9 Å². The van der Waals surface area contributed by atoms with Gasteiger partial charge in [0.25, 0.3) is 0 Å². The van der Waals surface area contributed by atoms with Crippen LogP contribution in [0.15, 0.2) is 45.5 Å². The zero-order valence-electron chi connectivity index (χ0n) is 10.0. The highest BCUT2D eigenvalue weighted by Crippen LogP contribution is 2.31. The zero-order valence-corrected chi connectivity index (χ0v) is 12.4. The van der Waals surface area contributed by atoms with Crippen LogP contribution in [0.3, 0.4) is 0 Å². The lowest BCUT2D eigenvalue weighted by atomic mass is 10.1. The van der Waals surface area contributed by atoms with Gasteiger partial charge in [-0.3, -0.25) is 4.79 Å². The molecule has 0 bridgehead atoms. The van der Waals surface area contributed by atoms with Crippen LogP contribution in [0.25, 0.3) is 10.2 Å². The summed E-state index contributed by atoms with van der Waals surface area (Å²) < 4.78 is 6.63. The number of nitriles is 1. The van der Waals surface area contributed by atoms with Crippen LogP contribution in [0, 0.1) is 11.3 Å². The maximum Gasteiger partial charge on any atom is 0.223 e. The number of furan rings is 1. The van der Waals surface area contributed by atoms with E-state index in [-0.39, 0.29) is 11.5 Å². The maximum atomic E-state index is 12.4. The fourth-order valence-electron chi connectivity index (χ4n) is 1.84. The summed E-state index contributed by atoms with van der Waals surface area (Å²) in [6.45, 7) is 0. The molecule has 6 heteroatoms. The molecule has 2 heterocycles. The largest absolute Gasteiger partial charge is 0.460 e. The number of aromatic nitrogens is 1. The molecule has 0 aliphatic rings. The van der Waals surface area contributed by atoms with Crippen molar-refractivity contribution in [1.29, 1.82) is 5.26 Å². The Morgan fingerprint density at radius 3 is 2.85 bits per heavy atom. The van der Waals surface area contributed by atoms with Crippen LogP contribution in [0.1, 0.15) is 21.5 Å². The van der Waals surface area contributed by atoms with Gasteiger partial charge in [0.05, 0.1) is 27.0 Å². The number of fused-ring (bicyclic) bond motifs is 1. The second-order valence-electron chi connectivity index (χ2n) is 4.04. The Morgan fingerprint density at radius 2 is 2.20 bits per heavy atom. The first-order valence-electron chi connectivity index (χ1n) is 5.73. The Morgan fingerprint density at radius 1 is 1.40 bits per heavy atom. The number of thiazole rings is 1. The average molecular weight is 347 g/mol. The van der Waals surface area contributed by atoms with Gasteiger partial charge >= 0.3 is 0 Å². The SMILES string of the molecule is N#CC(C(=O)c1occc1Br)c1nc2ccccc2s1. The van der Waals surface area contributed by atoms with E-state index in [1.807, 2.05) is 30.3 Å². The van der Waals surface area contributed by atoms with Gasteiger partial charge < -0.3 is 4.42 Å². The molecule has 0 amide bonds. The third-order valence-corrected chi connectivity index (χ3v) is 4.52. The van der Waals surface area contributed by atoms with Crippen molar-refractivity contribution >= 4 is 43.3 Å². The number of benzene rings is 1. The summed E-state index contributed by atoms with van der Waals surface area (Å²) in [7, 11) is 0. The highest BCUT2D eigenvalue weighted by atomic mass is 79.9. The van der Waals surface area contributed by atoms with Crippen molar-refractivity contribution in [2.75, 3.05) is 0 Å². The van der Waals surface area contributed by atoms with Crippen molar-refractivity contribution in [2.24, 2.45) is 0 Å². The summed E-state index contributed by atoms with van der Waals surface area (Å²) in [4.78, 5) is 16.7. The number of carbonyl (C=O) groups is 1. The summed E-state index contributed by atoms with van der Waals surface area (Å²) in [6, 6.07) is 11.2. The molecule has 3 aromatic rings. The molecular formula is C14H7BrN2O2S. The second kappa shape index (κ2) is 5.19. The number of hydrogen-bond acceptors (Lipinski definition) is 5. The molecule has 0 radical (unpaired) electrons. The predicted molar refractivity (Wildman–Crippen MR) is 78.7 cm³/mol. The van der Waals surface area contributed by atoms with Crippen LogP contribution in [0.2, 0.25) is 0 Å². The normalized spacial score (nSPS) is 12.2. The number of para-hydroxylation sites is 1. The van der Waals surface area contributed by atoms with Crippen LogP contribution in [0.5, 0.6) is 0 Å². The minimum absolute atomic E-state index is 0.149. The monoisotopic (exact) mass is 346 g/mol. The molecule has 1 unspecified atom stereocenters. The van der Waals surface area contributed by atoms with Gasteiger partial charge in [-0.2, -0.15) is 5.26 Å². The summed E-state index contributed by atoms with van der Waals surface area (Å²) in [6.07, 6.45) is 1.41. The molecule has 98 valence electrons. The van der Waals surface area contributed by atoms with Crippen LogP contribution in [-0.2, 0) is 0 Å². The molecule has 0 spiro atoms. The molecule has 3 rings (SSSR count). The molecule has 0 N–H and O–H groups in total. The van der Waals surface area contributed by atoms with Gasteiger partial charge in [-0.1, -0.05) is 12.1 Å². The highest BCUT2D eigenvalue weighted by molar-refractivity contribution is 9.10. The molecule has 2 aromatic heterocycles. The van der Waals surface area contributed by atoms with E-state index in [9.17, 15) is 10.1 Å². The van der Waals surface area contributed by atoms with Gasteiger partial charge in [-0.05, 0) is 34.1 Å². The quantitative estimate of drug-likeness (QED) is 0.668. The molecule has 0 aliphatic heterocycles. The van der Waals surface area contributed by atoms with E-state index in [1.165, 1.54) is 17.6 Å². The second-order valence-corrected chi connectivity index (χ2v) is 5.96. The summed E-state index contributed by atoms with van der Waals surface area (Å²) in [5, 5.41) is 9.79. The first kappa shape index (κ1) is 13.0. The first-order chi connectivity index (χ1) is 9.70. The lowest BCUT2D eigenvalue weighted by Crippen LogP contribution is -2.10. The highest BCUT2D eigenvalue weighted by Gasteiger charge is 2.28. The summed E-state index contributed by atoms with van der Waals surface area (Å²) in [5.74, 6) is -1.19. The predicted octanol–water partition coefficient (Wildman–Crippen LogP) is 4.14. The van der Waals surface area contributed by atoms with Crippen LogP contribution in [0.4, 0.5) is 0 Å². The number of rotatable bonds is 3. The fraction of sp³-hybridized carbons (Fsp3) is 0.0714. The van der Waals surface area contributed by atoms with E-state index in [0.717, 1.165) is 10.2 Å². The van der Waals surface area contributed by atoms with Gasteiger partial charge in [0.15, 0.2) is 11.7 Å². The number of ketones is 1. The van der Waals surface area contributed by atoms with E-state index in [1.54, 1.807) is 6.07 Å². The number of carbonyl (C=O) groups excluding carboxylic acids is 1. The maximum absolute atomic E-state index is 12.4. The molecule has 0 fully saturated rings. The zero-order chi connectivity index (χ0) is 14.1.